The summed E-state index contributed by atoms with van der Waals surface area (Å²) in [6.07, 6.45) is 3.33. The van der Waals surface area contributed by atoms with Crippen LogP contribution in [0.5, 0.6) is 11.5 Å². The Kier molecular flexibility index (Phi) is 8.23. The number of pyridine rings is 2. The van der Waals surface area contributed by atoms with Crippen LogP contribution in [0.25, 0.3) is 27.7 Å². The van der Waals surface area contributed by atoms with Crippen molar-refractivity contribution in [1.29, 1.82) is 0 Å². The van der Waals surface area contributed by atoms with Crippen molar-refractivity contribution in [3.63, 3.8) is 0 Å². The van der Waals surface area contributed by atoms with Gasteiger partial charge in [0, 0.05) is 48.8 Å². The highest BCUT2D eigenvalue weighted by molar-refractivity contribution is 6.44. The molecule has 4 aromatic rings. The van der Waals surface area contributed by atoms with Gasteiger partial charge in [-0.25, -0.2) is 8.78 Å². The van der Waals surface area contributed by atoms with E-state index in [1.54, 1.807) is 24.1 Å². The van der Waals surface area contributed by atoms with Gasteiger partial charge in [0.15, 0.2) is 5.82 Å². The minimum Gasteiger partial charge on any atom is -0.508 e. The highest BCUT2D eigenvalue weighted by Gasteiger charge is 2.40. The number of piperazine rings is 1. The Balaban J connectivity index is 1.76. The number of fused-ring (bicyclic) bond motifs is 5. The van der Waals surface area contributed by atoms with Gasteiger partial charge in [0.1, 0.15) is 11.6 Å². The number of ether oxygens (including phenoxy) is 1. The quantitative estimate of drug-likeness (QED) is 0.233. The number of benzene rings is 2. The van der Waals surface area contributed by atoms with Crippen molar-refractivity contribution in [3.8, 4) is 28.3 Å². The lowest BCUT2D eigenvalue weighted by Crippen LogP contribution is -2.59. The molecule has 0 bridgehead atoms. The second-order valence-electron chi connectivity index (χ2n) is 12.1. The SMILES string of the molecule is C=CC(=O)N1CC2CCOc3c(c4cc(F)c(-c5cc(O)cc(Cl)c5Cl)c(F)c4n(-c4c(C)ccnc4C(C)C)c3=O)N2CC1C. The lowest BCUT2D eigenvalue weighted by molar-refractivity contribution is -0.128. The number of halogens is 4. The molecule has 1 saturated heterocycles. The van der Waals surface area contributed by atoms with Gasteiger partial charge in [0.25, 0.3) is 5.56 Å². The Hall–Kier alpha value is -4.15. The summed E-state index contributed by atoms with van der Waals surface area (Å²) in [5.74, 6) is -2.85. The summed E-state index contributed by atoms with van der Waals surface area (Å²) in [6.45, 7) is 11.8. The number of carbonyl (C=O) groups excluding carboxylic acids is 1. The van der Waals surface area contributed by atoms with Gasteiger partial charge in [0.05, 0.1) is 50.8 Å². The number of aromatic hydroxyl groups is 1. The van der Waals surface area contributed by atoms with Crippen LogP contribution in [0.3, 0.4) is 0 Å². The molecule has 0 aliphatic carbocycles. The maximum atomic E-state index is 17.3. The molecule has 2 aromatic carbocycles. The number of rotatable bonds is 4. The molecule has 0 radical (unpaired) electrons. The molecule has 4 heterocycles. The highest BCUT2D eigenvalue weighted by Crippen LogP contribution is 2.46. The van der Waals surface area contributed by atoms with Crippen molar-refractivity contribution in [2.45, 2.75) is 52.1 Å². The smallest absolute Gasteiger partial charge is 0.300 e. The summed E-state index contributed by atoms with van der Waals surface area (Å²) < 4.78 is 41.0. The molecule has 2 aromatic heterocycles. The number of carbonyl (C=O) groups is 1. The molecule has 2 atom stereocenters. The number of hydrogen-bond donors (Lipinski definition) is 1. The van der Waals surface area contributed by atoms with Gasteiger partial charge in [0.2, 0.25) is 11.7 Å². The van der Waals surface area contributed by atoms with Crippen LogP contribution in [0.15, 0.2) is 47.9 Å². The monoisotopic (exact) mass is 668 g/mol. The van der Waals surface area contributed by atoms with Crippen LogP contribution in [0.4, 0.5) is 14.5 Å². The Morgan fingerprint density at radius 1 is 1.20 bits per heavy atom. The van der Waals surface area contributed by atoms with Crippen LogP contribution in [0, 0.1) is 18.6 Å². The van der Waals surface area contributed by atoms with Gasteiger partial charge in [-0.15, -0.1) is 0 Å². The number of phenols is 1. The van der Waals surface area contributed by atoms with Crippen LogP contribution in [-0.2, 0) is 4.79 Å². The lowest BCUT2D eigenvalue weighted by Gasteiger charge is -2.45. The summed E-state index contributed by atoms with van der Waals surface area (Å²) >= 11 is 12.7. The van der Waals surface area contributed by atoms with Crippen molar-refractivity contribution in [3.05, 3.63) is 86.4 Å². The molecular formula is C34H32Cl2F2N4O4. The van der Waals surface area contributed by atoms with E-state index in [1.807, 2.05) is 25.7 Å². The Morgan fingerprint density at radius 2 is 1.93 bits per heavy atom. The van der Waals surface area contributed by atoms with E-state index in [1.165, 1.54) is 16.7 Å². The molecule has 2 aliphatic heterocycles. The van der Waals surface area contributed by atoms with Gasteiger partial charge in [-0.1, -0.05) is 43.6 Å². The van der Waals surface area contributed by atoms with Crippen LogP contribution < -0.4 is 15.2 Å². The summed E-state index contributed by atoms with van der Waals surface area (Å²) in [4.78, 5) is 35.5. The first-order valence-electron chi connectivity index (χ1n) is 14.9. The van der Waals surface area contributed by atoms with Gasteiger partial charge >= 0.3 is 0 Å². The zero-order valence-corrected chi connectivity index (χ0v) is 27.2. The maximum Gasteiger partial charge on any atom is 0.300 e. The first-order valence-corrected chi connectivity index (χ1v) is 15.7. The van der Waals surface area contributed by atoms with Gasteiger partial charge in [-0.3, -0.25) is 19.1 Å². The largest absolute Gasteiger partial charge is 0.508 e. The third-order valence-corrected chi connectivity index (χ3v) is 9.58. The van der Waals surface area contributed by atoms with Crippen LogP contribution in [-0.4, -0.2) is 57.2 Å². The van der Waals surface area contributed by atoms with Crippen molar-refractivity contribution in [2.24, 2.45) is 0 Å². The fourth-order valence-corrected chi connectivity index (χ4v) is 7.05. The lowest BCUT2D eigenvalue weighted by atomic mass is 9.97. The van der Waals surface area contributed by atoms with E-state index in [4.69, 9.17) is 27.9 Å². The third kappa shape index (κ3) is 4.98. The van der Waals surface area contributed by atoms with Gasteiger partial charge in [-0.2, -0.15) is 0 Å². The normalized spacial score (nSPS) is 17.8. The van der Waals surface area contributed by atoms with E-state index in [9.17, 15) is 14.7 Å². The van der Waals surface area contributed by atoms with E-state index >= 15 is 8.78 Å². The fraction of sp³-hybridized carbons (Fsp3) is 0.324. The molecule has 240 valence electrons. The molecule has 2 unspecified atom stereocenters. The number of phenolic OH excluding ortho intramolecular Hbond substituents is 1. The van der Waals surface area contributed by atoms with Crippen molar-refractivity contribution in [1.82, 2.24) is 14.5 Å². The molecule has 46 heavy (non-hydrogen) atoms. The van der Waals surface area contributed by atoms with Crippen LogP contribution in [0.1, 0.15) is 44.4 Å². The molecule has 1 N–H and O–H groups in total. The zero-order valence-electron chi connectivity index (χ0n) is 25.7. The number of anilines is 1. The van der Waals surface area contributed by atoms with E-state index in [0.717, 1.165) is 12.1 Å². The van der Waals surface area contributed by atoms with Crippen LogP contribution in [0.2, 0.25) is 10.0 Å². The molecule has 0 spiro atoms. The summed E-state index contributed by atoms with van der Waals surface area (Å²) in [7, 11) is 0. The number of hydrogen-bond acceptors (Lipinski definition) is 6. The molecular weight excluding hydrogens is 637 g/mol. The van der Waals surface area contributed by atoms with Gasteiger partial charge in [-0.05, 0) is 49.6 Å². The molecule has 8 nitrogen and oxygen atoms in total. The Bertz CT molecular complexity index is 2000. The number of aryl methyl sites for hydroxylation is 1. The average Bonchev–Trinajstić information content (AvgIpc) is 3.19. The second-order valence-corrected chi connectivity index (χ2v) is 12.8. The second kappa shape index (κ2) is 11.9. The van der Waals surface area contributed by atoms with E-state index < -0.39 is 22.8 Å². The maximum absolute atomic E-state index is 17.3. The van der Waals surface area contributed by atoms with Crippen LogP contribution >= 0.6 is 23.2 Å². The van der Waals surface area contributed by atoms with Crippen molar-refractivity contribution >= 4 is 45.7 Å². The topological polar surface area (TPSA) is 87.9 Å². The van der Waals surface area contributed by atoms with Crippen molar-refractivity contribution < 1.29 is 23.4 Å². The summed E-state index contributed by atoms with van der Waals surface area (Å²) in [5, 5.41) is 10.1. The standard InChI is InChI=1S/C34H32Cl2F2N4O4/c1-6-25(44)40-15-19-8-10-46-33-32(41(19)14-18(40)5)22-13-24(37)26(21-11-20(43)12-23(35)27(21)36)28(38)31(22)42(34(33)45)30-17(4)7-9-39-29(30)16(2)3/h6-7,9,11-13,16,18-19,43H,1,8,10,14-15H2,2-5H3. The molecule has 12 heteroatoms. The molecule has 1 amide bonds. The number of aromatic nitrogens is 2. The Labute approximate surface area is 274 Å². The van der Waals surface area contributed by atoms with Crippen molar-refractivity contribution in [2.75, 3.05) is 24.6 Å². The first kappa shape index (κ1) is 31.8. The predicted octanol–water partition coefficient (Wildman–Crippen LogP) is 7.15. The van der Waals surface area contributed by atoms with Gasteiger partial charge < -0.3 is 19.6 Å². The molecule has 6 rings (SSSR count). The zero-order chi connectivity index (χ0) is 33.2. The van der Waals surface area contributed by atoms with E-state index in [0.29, 0.717) is 29.9 Å². The molecule has 1 fully saturated rings. The first-order chi connectivity index (χ1) is 21.8. The molecule has 0 saturated carbocycles. The highest BCUT2D eigenvalue weighted by atomic mass is 35.5. The number of amides is 1. The summed E-state index contributed by atoms with van der Waals surface area (Å²) in [6, 6.07) is 4.56. The number of nitrogens with zero attached hydrogens (tertiary/aromatic N) is 4. The predicted molar refractivity (Wildman–Crippen MR) is 176 cm³/mol. The summed E-state index contributed by atoms with van der Waals surface area (Å²) in [5.41, 5.74) is 0.177. The minimum atomic E-state index is -1.08. The van der Waals surface area contributed by atoms with E-state index in [-0.39, 0.29) is 80.8 Å². The minimum absolute atomic E-state index is 0.0476. The Morgan fingerprint density at radius 3 is 2.63 bits per heavy atom. The average molecular weight is 670 g/mol. The third-order valence-electron chi connectivity index (χ3n) is 8.77. The van der Waals surface area contributed by atoms with E-state index in [2.05, 4.69) is 11.6 Å². The molecule has 2 aliphatic rings. The fourth-order valence-electron chi connectivity index (χ4n) is 6.63.